The van der Waals surface area contributed by atoms with Gasteiger partial charge >= 0.3 is 5.92 Å². The molecule has 3 aliphatic rings. The summed E-state index contributed by atoms with van der Waals surface area (Å²) in [5, 5.41) is 7.14. The molecular formula is C51H56F6N8O7S2. The summed E-state index contributed by atoms with van der Waals surface area (Å²) in [7, 11) is -3.57. The number of fused-ring (bicyclic) bond motifs is 2. The summed E-state index contributed by atoms with van der Waals surface area (Å²) in [5.74, 6) is -5.16. The van der Waals surface area contributed by atoms with Crippen LogP contribution in [0.4, 0.5) is 38.0 Å². The van der Waals surface area contributed by atoms with Gasteiger partial charge in [-0.3, -0.25) is 0 Å². The topological polar surface area (TPSA) is 197 Å². The number of ether oxygens (including phenoxy) is 3. The first-order valence-electron chi connectivity index (χ1n) is 24.4. The molecule has 0 spiro atoms. The fourth-order valence-corrected chi connectivity index (χ4v) is 13.3. The number of benzene rings is 2. The lowest BCUT2D eigenvalue weighted by Gasteiger charge is -2.26. The minimum atomic E-state index is -3.63. The molecule has 396 valence electrons. The van der Waals surface area contributed by atoms with Gasteiger partial charge in [0.25, 0.3) is 0 Å². The molecule has 23 heteroatoms. The quantitative estimate of drug-likeness (QED) is 0.0869. The van der Waals surface area contributed by atoms with E-state index in [1.807, 2.05) is 0 Å². The van der Waals surface area contributed by atoms with Gasteiger partial charge < -0.3 is 24.8 Å². The van der Waals surface area contributed by atoms with E-state index >= 15 is 17.6 Å². The third-order valence-corrected chi connectivity index (χ3v) is 17.8. The monoisotopic (exact) mass is 1070 g/mol. The molecule has 2 aromatic carbocycles. The van der Waals surface area contributed by atoms with Crippen LogP contribution in [0.1, 0.15) is 127 Å². The summed E-state index contributed by atoms with van der Waals surface area (Å²) in [6, 6.07) is 8.30. The van der Waals surface area contributed by atoms with Gasteiger partial charge in [-0.1, -0.05) is 24.3 Å². The van der Waals surface area contributed by atoms with Crippen molar-refractivity contribution in [2.24, 2.45) is 0 Å². The Kier molecular flexibility index (Phi) is 15.0. The largest absolute Gasteiger partial charge is 0.481 e. The van der Waals surface area contributed by atoms with Gasteiger partial charge in [-0.05, 0) is 100 Å². The number of aryl methyl sites for hydroxylation is 1. The Balaban J connectivity index is 1.08. The molecule has 7 heterocycles. The second-order valence-electron chi connectivity index (χ2n) is 19.3. The van der Waals surface area contributed by atoms with Crippen LogP contribution in [-0.4, -0.2) is 103 Å². The van der Waals surface area contributed by atoms with Crippen molar-refractivity contribution < 1.29 is 57.4 Å². The Bertz CT molecular complexity index is 3320. The van der Waals surface area contributed by atoms with Crippen molar-refractivity contribution in [3.05, 3.63) is 105 Å². The molecule has 0 aliphatic carbocycles. The number of nitrogens with zero attached hydrogens (tertiary/aromatic N) is 6. The molecule has 4 aromatic heterocycles. The van der Waals surface area contributed by atoms with E-state index in [2.05, 4.69) is 25.6 Å². The summed E-state index contributed by atoms with van der Waals surface area (Å²) in [5.41, 5.74) is 0.468. The second kappa shape index (κ2) is 21.0. The van der Waals surface area contributed by atoms with E-state index in [0.717, 1.165) is 6.07 Å². The Labute approximate surface area is 424 Å². The first-order valence-corrected chi connectivity index (χ1v) is 28.1. The Hall–Kier alpha value is -5.94. The maximum Gasteiger partial charge on any atom is 0.301 e. The van der Waals surface area contributed by atoms with Gasteiger partial charge in [0.2, 0.25) is 18.2 Å². The zero-order valence-corrected chi connectivity index (χ0v) is 43.0. The van der Waals surface area contributed by atoms with E-state index in [1.165, 1.54) is 38.5 Å². The van der Waals surface area contributed by atoms with E-state index in [9.17, 15) is 25.6 Å². The number of hydrogen-bond donors (Lipinski definition) is 2. The van der Waals surface area contributed by atoms with Crippen LogP contribution < -0.4 is 20.1 Å². The predicted octanol–water partition coefficient (Wildman–Crippen LogP) is 9.57. The number of methoxy groups -OCH3 is 2. The van der Waals surface area contributed by atoms with Gasteiger partial charge in [-0.25, -0.2) is 54.3 Å². The molecule has 0 radical (unpaired) electrons. The van der Waals surface area contributed by atoms with Crippen molar-refractivity contribution in [3.8, 4) is 11.8 Å². The van der Waals surface area contributed by atoms with Crippen LogP contribution in [0, 0.1) is 18.6 Å². The lowest BCUT2D eigenvalue weighted by Crippen LogP contribution is -2.31. The van der Waals surface area contributed by atoms with Crippen LogP contribution in [0.15, 0.2) is 42.5 Å². The summed E-state index contributed by atoms with van der Waals surface area (Å²) >= 11 is 0. The van der Waals surface area contributed by atoms with Crippen LogP contribution in [-0.2, 0) is 43.2 Å². The van der Waals surface area contributed by atoms with Crippen molar-refractivity contribution in [2.75, 3.05) is 54.5 Å². The maximum absolute atomic E-state index is 17.0. The minimum absolute atomic E-state index is 0.00890. The first kappa shape index (κ1) is 52.9. The normalized spacial score (nSPS) is 19.2. The number of nitrogens with one attached hydrogen (secondary N) is 2. The molecule has 15 nitrogen and oxygen atoms in total. The highest BCUT2D eigenvalue weighted by atomic mass is 32.2. The Morgan fingerprint density at radius 2 is 1.26 bits per heavy atom. The van der Waals surface area contributed by atoms with Gasteiger partial charge in [0, 0.05) is 41.7 Å². The maximum atomic E-state index is 17.0. The molecule has 0 bridgehead atoms. The first-order chi connectivity index (χ1) is 35.1. The third-order valence-electron chi connectivity index (χ3n) is 14.3. The van der Waals surface area contributed by atoms with Crippen LogP contribution in [0.2, 0.25) is 0 Å². The highest BCUT2D eigenvalue weighted by Gasteiger charge is 2.46. The molecule has 3 aliphatic heterocycles. The van der Waals surface area contributed by atoms with E-state index in [-0.39, 0.29) is 124 Å². The molecule has 1 unspecified atom stereocenters. The zero-order chi connectivity index (χ0) is 52.9. The minimum Gasteiger partial charge on any atom is -0.481 e. The predicted molar refractivity (Wildman–Crippen MR) is 266 cm³/mol. The van der Waals surface area contributed by atoms with Crippen LogP contribution in [0.25, 0.3) is 22.1 Å². The smallest absolute Gasteiger partial charge is 0.301 e. The van der Waals surface area contributed by atoms with Crippen LogP contribution >= 0.6 is 0 Å². The van der Waals surface area contributed by atoms with Crippen molar-refractivity contribution in [2.45, 2.75) is 115 Å². The summed E-state index contributed by atoms with van der Waals surface area (Å²) in [6.45, 7) is 4.98. The fraction of sp³-hybridized carbons (Fsp3) is 0.490. The molecule has 0 saturated carbocycles. The average molecular weight is 1070 g/mol. The van der Waals surface area contributed by atoms with E-state index in [4.69, 9.17) is 29.2 Å². The third kappa shape index (κ3) is 10.9. The van der Waals surface area contributed by atoms with E-state index in [1.54, 1.807) is 32.9 Å². The van der Waals surface area contributed by atoms with E-state index < -0.39 is 73.8 Å². The molecule has 0 amide bonds. The molecule has 74 heavy (non-hydrogen) atoms. The molecule has 3 atom stereocenters. The van der Waals surface area contributed by atoms with Crippen LogP contribution in [0.3, 0.4) is 0 Å². The SMILES string of the molecule is COc1nc2nc(Cc3ccc([C@@H](C)Nc4nc(C)nc5nc(OC)c(C6CCS(=O)(=O)CC6)cc45)c(F)c3CC(F)F)nc(N[C@H](C)c3cccc(C(F)(F)C4CCCO4)c3F)c2cc1C1CCS(=O)(=O)CC1. The second-order valence-corrected chi connectivity index (χ2v) is 23.9. The lowest BCUT2D eigenvalue weighted by atomic mass is 9.93. The van der Waals surface area contributed by atoms with Crippen molar-refractivity contribution in [1.82, 2.24) is 29.9 Å². The lowest BCUT2D eigenvalue weighted by molar-refractivity contribution is -0.124. The highest BCUT2D eigenvalue weighted by Crippen LogP contribution is 2.43. The van der Waals surface area contributed by atoms with Crippen molar-refractivity contribution >= 4 is 53.4 Å². The van der Waals surface area contributed by atoms with Gasteiger partial charge in [0.1, 0.15) is 60.7 Å². The molecule has 3 fully saturated rings. The standard InChI is InChI=1S/C51H56F6N8O7S2/c1-26(32-8-6-9-39(44(32)55)51(56,57)40-10-7-17-72-40)59-46-38-24-36(30-15-20-74(68,69)21-16-30)50(71-5)65-48(38)63-42(62-46)22-31-11-12-33(43(54)34(31)25-41(52)53)27(2)58-45-37-23-35(29-13-18-73(66,67)19-14-29)49(70-4)64-47(37)61-28(3)60-45/h6,8-9,11-12,23-24,26-27,29-30,40-41H,7,10,13-22,25H2,1-5H3,(H,58,60,61,64)(H,59,62,63,65)/t26-,27-,40?/m1/s1. The summed E-state index contributed by atoms with van der Waals surface area (Å²) in [6.07, 6.45) is -3.99. The van der Waals surface area contributed by atoms with Crippen molar-refractivity contribution in [3.63, 3.8) is 0 Å². The number of anilines is 2. The number of rotatable bonds is 16. The number of hydrogen-bond acceptors (Lipinski definition) is 15. The van der Waals surface area contributed by atoms with Crippen LogP contribution in [0.5, 0.6) is 11.8 Å². The zero-order valence-electron chi connectivity index (χ0n) is 41.3. The number of aromatic nitrogens is 6. The van der Waals surface area contributed by atoms with Gasteiger partial charge in [0.05, 0.1) is 65.7 Å². The molecule has 6 aromatic rings. The number of halogens is 6. The number of sulfone groups is 2. The van der Waals surface area contributed by atoms with Gasteiger partial charge in [-0.15, -0.1) is 0 Å². The number of alkyl halides is 4. The summed E-state index contributed by atoms with van der Waals surface area (Å²) < 4.78 is 160. The van der Waals surface area contributed by atoms with Crippen molar-refractivity contribution in [1.29, 1.82) is 0 Å². The van der Waals surface area contributed by atoms with E-state index in [0.29, 0.717) is 52.9 Å². The molecule has 3 saturated heterocycles. The molecule has 9 rings (SSSR count). The van der Waals surface area contributed by atoms with Gasteiger partial charge in [0.15, 0.2) is 11.3 Å². The van der Waals surface area contributed by atoms with Gasteiger partial charge in [-0.2, -0.15) is 18.7 Å². The summed E-state index contributed by atoms with van der Waals surface area (Å²) in [4.78, 5) is 27.9. The Morgan fingerprint density at radius 1 is 0.716 bits per heavy atom. The average Bonchev–Trinajstić information content (AvgIpc) is 3.92. The fourth-order valence-electron chi connectivity index (χ4n) is 10.3. The Morgan fingerprint density at radius 3 is 1.78 bits per heavy atom. The number of pyridine rings is 2. The molecule has 2 N–H and O–H groups in total. The molecular weight excluding hydrogens is 1010 g/mol. The highest BCUT2D eigenvalue weighted by molar-refractivity contribution is 7.91.